The molecule has 2 aliphatic carbocycles. The van der Waals surface area contributed by atoms with Crippen LogP contribution in [0.4, 0.5) is 0 Å². The molecule has 2 aliphatic rings. The summed E-state index contributed by atoms with van der Waals surface area (Å²) in [6.07, 6.45) is 3.34. The molecular weight excluding hydrogens is 525 g/mol. The standard InChI is InChI=1S/C19H32IN3O4S2/c1-12(2)23-15(9-16(20)21-23)17-13-10-19(11-14(13)17,7-8-27-29(6,25)26)22-28(24)18(3,4)5/h9,12-14,17,22H,7-8,10-11H2,1-6H3/t13-,14+,17+,19-,28-/m0/s1. The van der Waals surface area contributed by atoms with Crippen LogP contribution >= 0.6 is 22.6 Å². The molecule has 0 aliphatic heterocycles. The van der Waals surface area contributed by atoms with Crippen molar-refractivity contribution in [3.63, 3.8) is 0 Å². The highest BCUT2D eigenvalue weighted by Crippen LogP contribution is 2.66. The van der Waals surface area contributed by atoms with E-state index in [4.69, 9.17) is 4.18 Å². The van der Waals surface area contributed by atoms with Crippen molar-refractivity contribution in [1.29, 1.82) is 0 Å². The van der Waals surface area contributed by atoms with Crippen molar-refractivity contribution in [3.05, 3.63) is 15.5 Å². The Morgan fingerprint density at radius 1 is 1.41 bits per heavy atom. The van der Waals surface area contributed by atoms with Crippen LogP contribution in [-0.2, 0) is 25.7 Å². The summed E-state index contributed by atoms with van der Waals surface area (Å²) in [7, 11) is -3.48. The minimum absolute atomic E-state index is 0.110. The maximum Gasteiger partial charge on any atom is 0.264 e. The quantitative estimate of drug-likeness (QED) is 0.299. The van der Waals surface area contributed by atoms with Crippen molar-refractivity contribution in [2.45, 2.75) is 76.1 Å². The number of halogens is 1. The highest BCUT2D eigenvalue weighted by atomic mass is 127. The average Bonchev–Trinajstić information content (AvgIpc) is 2.88. The number of rotatable bonds is 8. The zero-order chi connectivity index (χ0) is 21.8. The van der Waals surface area contributed by atoms with Gasteiger partial charge >= 0.3 is 0 Å². The van der Waals surface area contributed by atoms with E-state index < -0.39 is 21.5 Å². The van der Waals surface area contributed by atoms with E-state index in [1.54, 1.807) is 0 Å². The fraction of sp³-hybridized carbons (Fsp3) is 0.842. The molecule has 0 unspecified atom stereocenters. The lowest BCUT2D eigenvalue weighted by Gasteiger charge is -2.36. The van der Waals surface area contributed by atoms with Crippen LogP contribution in [0.5, 0.6) is 0 Å². The molecule has 0 bridgehead atoms. The van der Waals surface area contributed by atoms with Crippen LogP contribution in [0, 0.1) is 15.5 Å². The average molecular weight is 558 g/mol. The summed E-state index contributed by atoms with van der Waals surface area (Å²) in [6.45, 7) is 10.2. The summed E-state index contributed by atoms with van der Waals surface area (Å²) >= 11 is 1.04. The maximum atomic E-state index is 12.8. The Bertz CT molecular complexity index is 838. The van der Waals surface area contributed by atoms with Crippen molar-refractivity contribution in [2.24, 2.45) is 11.8 Å². The lowest BCUT2D eigenvalue weighted by atomic mass is 9.88. The van der Waals surface area contributed by atoms with Crippen molar-refractivity contribution in [1.82, 2.24) is 14.5 Å². The predicted molar refractivity (Wildman–Crippen MR) is 123 cm³/mol. The Hall–Kier alpha value is 0.120. The molecule has 1 N–H and O–H groups in total. The largest absolute Gasteiger partial charge is 0.598 e. The Morgan fingerprint density at radius 2 is 2.00 bits per heavy atom. The minimum Gasteiger partial charge on any atom is -0.598 e. The fourth-order valence-electron chi connectivity index (χ4n) is 4.54. The third-order valence-corrected chi connectivity index (χ3v) is 8.75. The molecule has 0 amide bonds. The zero-order valence-electron chi connectivity index (χ0n) is 17.9. The van der Waals surface area contributed by atoms with Gasteiger partial charge in [-0.15, -0.1) is 4.72 Å². The lowest BCUT2D eigenvalue weighted by Crippen LogP contribution is -2.53. The molecule has 5 atom stereocenters. The Balaban J connectivity index is 1.74. The number of nitrogens with zero attached hydrogens (tertiary/aromatic N) is 2. The van der Waals surface area contributed by atoms with Gasteiger partial charge in [0.05, 0.1) is 18.4 Å². The maximum absolute atomic E-state index is 12.8. The second-order valence-electron chi connectivity index (χ2n) is 9.73. The van der Waals surface area contributed by atoms with Crippen LogP contribution in [-0.4, -0.2) is 45.9 Å². The number of nitrogens with one attached hydrogen (secondary N) is 1. The molecule has 166 valence electrons. The van der Waals surface area contributed by atoms with E-state index in [1.807, 2.05) is 20.8 Å². The molecule has 1 aromatic rings. The first-order chi connectivity index (χ1) is 13.2. The zero-order valence-corrected chi connectivity index (χ0v) is 21.7. The first-order valence-corrected chi connectivity index (χ1v) is 14.1. The molecule has 0 radical (unpaired) electrons. The van der Waals surface area contributed by atoms with Gasteiger partial charge in [0.15, 0.2) is 0 Å². The summed E-state index contributed by atoms with van der Waals surface area (Å²) < 4.78 is 46.7. The van der Waals surface area contributed by atoms with E-state index in [0.717, 1.165) is 22.8 Å². The van der Waals surface area contributed by atoms with Crippen LogP contribution in [0.25, 0.3) is 0 Å². The van der Waals surface area contributed by atoms with Crippen LogP contribution < -0.4 is 4.72 Å². The highest BCUT2D eigenvalue weighted by Gasteiger charge is 2.64. The summed E-state index contributed by atoms with van der Waals surface area (Å²) in [4.78, 5) is 0. The van der Waals surface area contributed by atoms with Gasteiger partial charge in [-0.3, -0.25) is 8.86 Å². The van der Waals surface area contributed by atoms with E-state index in [1.165, 1.54) is 5.69 Å². The Labute approximate surface area is 191 Å². The Kier molecular flexibility index (Phi) is 6.75. The lowest BCUT2D eigenvalue weighted by molar-refractivity contribution is 0.236. The third kappa shape index (κ3) is 5.49. The predicted octanol–water partition coefficient (Wildman–Crippen LogP) is 3.35. The van der Waals surface area contributed by atoms with Crippen molar-refractivity contribution >= 4 is 44.1 Å². The van der Waals surface area contributed by atoms with Gasteiger partial charge < -0.3 is 4.55 Å². The molecule has 0 spiro atoms. The number of aromatic nitrogens is 2. The molecule has 2 fully saturated rings. The highest BCUT2D eigenvalue weighted by molar-refractivity contribution is 14.1. The second-order valence-corrected chi connectivity index (χ2v) is 14.4. The van der Waals surface area contributed by atoms with Gasteiger partial charge in [-0.05, 0) is 94.4 Å². The van der Waals surface area contributed by atoms with E-state index in [-0.39, 0.29) is 16.9 Å². The number of hydrogen-bond donors (Lipinski definition) is 1. The molecule has 29 heavy (non-hydrogen) atoms. The fourth-order valence-corrected chi connectivity index (χ4v) is 6.45. The summed E-state index contributed by atoms with van der Waals surface area (Å²) in [5.74, 6) is 1.48. The first kappa shape index (κ1) is 23.8. The van der Waals surface area contributed by atoms with Crippen LogP contribution in [0.15, 0.2) is 6.07 Å². The summed E-state index contributed by atoms with van der Waals surface area (Å²) in [5, 5.41) is 4.64. The molecule has 3 rings (SSSR count). The molecule has 10 heteroatoms. The summed E-state index contributed by atoms with van der Waals surface area (Å²) in [5.41, 5.74) is 0.933. The molecular formula is C19H32IN3O4S2. The van der Waals surface area contributed by atoms with E-state index in [9.17, 15) is 13.0 Å². The molecule has 1 heterocycles. The molecule has 0 aromatic carbocycles. The minimum atomic E-state index is -3.48. The normalized spacial score (nSPS) is 30.6. The topological polar surface area (TPSA) is 96.3 Å². The number of fused-ring (bicyclic) bond motifs is 1. The van der Waals surface area contributed by atoms with Crippen molar-refractivity contribution in [2.75, 3.05) is 12.9 Å². The first-order valence-electron chi connectivity index (χ1n) is 10.0. The van der Waals surface area contributed by atoms with Crippen molar-refractivity contribution < 1.29 is 17.2 Å². The third-order valence-electron chi connectivity index (χ3n) is 5.89. The SMILES string of the molecule is CC(C)n1nc(I)cc1[C@H]1[C@@H]2C[C@@](CCOS(C)(=O)=O)(N[S@@+]([O-])C(C)(C)C)C[C@@H]21. The van der Waals surface area contributed by atoms with Gasteiger partial charge in [0.25, 0.3) is 10.1 Å². The van der Waals surface area contributed by atoms with Gasteiger partial charge in [-0.25, -0.2) is 0 Å². The van der Waals surface area contributed by atoms with Crippen molar-refractivity contribution in [3.8, 4) is 0 Å². The van der Waals surface area contributed by atoms with Crippen LogP contribution in [0.3, 0.4) is 0 Å². The van der Waals surface area contributed by atoms with Gasteiger partial charge in [0.1, 0.15) is 8.45 Å². The van der Waals surface area contributed by atoms with Gasteiger partial charge in [0, 0.05) is 29.0 Å². The molecule has 1 aromatic heterocycles. The van der Waals surface area contributed by atoms with E-state index in [2.05, 4.69) is 57.0 Å². The summed E-state index contributed by atoms with van der Waals surface area (Å²) in [6, 6.07) is 2.49. The van der Waals surface area contributed by atoms with Crippen LogP contribution in [0.2, 0.25) is 0 Å². The van der Waals surface area contributed by atoms with Gasteiger partial charge in [-0.1, -0.05) is 0 Å². The molecule has 0 saturated heterocycles. The second kappa shape index (κ2) is 8.23. The van der Waals surface area contributed by atoms with E-state index in [0.29, 0.717) is 30.2 Å². The smallest absolute Gasteiger partial charge is 0.264 e. The monoisotopic (exact) mass is 557 g/mol. The number of hydrogen-bond acceptors (Lipinski definition) is 6. The molecule has 2 saturated carbocycles. The van der Waals surface area contributed by atoms with Gasteiger partial charge in [-0.2, -0.15) is 13.5 Å². The van der Waals surface area contributed by atoms with Gasteiger partial charge in [0.2, 0.25) is 0 Å². The van der Waals surface area contributed by atoms with E-state index >= 15 is 0 Å². The Morgan fingerprint density at radius 3 is 2.48 bits per heavy atom. The van der Waals surface area contributed by atoms with Crippen LogP contribution in [0.1, 0.15) is 71.5 Å². The molecule has 7 nitrogen and oxygen atoms in total.